The summed E-state index contributed by atoms with van der Waals surface area (Å²) >= 11 is 29.4. The molecule has 3 aromatic rings. The molecule has 122 valence electrons. The molecule has 2 heterocycles. The van der Waals surface area contributed by atoms with E-state index in [1.165, 1.54) is 4.90 Å². The Morgan fingerprint density at radius 1 is 0.542 bits per heavy atom. The topological polar surface area (TPSA) is 80.6 Å². The van der Waals surface area contributed by atoms with Crippen LogP contribution in [-0.4, -0.2) is 29.9 Å². The fourth-order valence-electron chi connectivity index (χ4n) is 1.74. The Balaban J connectivity index is 2.21. The first-order chi connectivity index (χ1) is 11.4. The molecule has 12 heteroatoms. The quantitative estimate of drug-likeness (QED) is 0.599. The predicted molar refractivity (Wildman–Crippen MR) is 92.9 cm³/mol. The number of anilines is 3. The molecule has 7 nitrogen and oxygen atoms in total. The molecule has 0 spiro atoms. The van der Waals surface area contributed by atoms with Crippen LogP contribution < -0.4 is 4.90 Å². The van der Waals surface area contributed by atoms with E-state index in [1.807, 2.05) is 0 Å². The van der Waals surface area contributed by atoms with Gasteiger partial charge in [0.15, 0.2) is 0 Å². The minimum atomic E-state index is -0.102. The van der Waals surface area contributed by atoms with Gasteiger partial charge in [0, 0.05) is 5.02 Å². The Hall–Kier alpha value is -1.51. The lowest BCUT2D eigenvalue weighted by atomic mass is 10.3. The normalized spacial score (nSPS) is 10.7. The van der Waals surface area contributed by atoms with Crippen molar-refractivity contribution in [3.8, 4) is 0 Å². The zero-order chi connectivity index (χ0) is 17.3. The zero-order valence-electron chi connectivity index (χ0n) is 11.3. The summed E-state index contributed by atoms with van der Waals surface area (Å²) < 4.78 is 0. The molecule has 0 aliphatic heterocycles. The van der Waals surface area contributed by atoms with E-state index < -0.39 is 0 Å². The van der Waals surface area contributed by atoms with Crippen LogP contribution >= 0.6 is 58.0 Å². The SMILES string of the molecule is Clc1ccc(N(c2nc(Cl)nc(Cl)n2)c2nc(Cl)nc(Cl)n2)cc1. The zero-order valence-corrected chi connectivity index (χ0v) is 15.1. The van der Waals surface area contributed by atoms with Crippen LogP contribution in [0.15, 0.2) is 24.3 Å². The number of benzene rings is 1. The van der Waals surface area contributed by atoms with E-state index in [1.54, 1.807) is 24.3 Å². The fourth-order valence-corrected chi connectivity index (χ4v) is 2.58. The minimum Gasteiger partial charge on any atom is -0.246 e. The van der Waals surface area contributed by atoms with Crippen LogP contribution in [0.4, 0.5) is 17.6 Å². The molecule has 0 amide bonds. The van der Waals surface area contributed by atoms with Crippen molar-refractivity contribution in [1.82, 2.24) is 29.9 Å². The molecule has 0 fully saturated rings. The van der Waals surface area contributed by atoms with Crippen LogP contribution in [0.25, 0.3) is 0 Å². The molecule has 0 unspecified atom stereocenters. The van der Waals surface area contributed by atoms with E-state index >= 15 is 0 Å². The summed E-state index contributed by atoms with van der Waals surface area (Å²) in [7, 11) is 0. The van der Waals surface area contributed by atoms with Gasteiger partial charge in [0.1, 0.15) is 0 Å². The van der Waals surface area contributed by atoms with Gasteiger partial charge in [-0.2, -0.15) is 29.9 Å². The van der Waals surface area contributed by atoms with Crippen LogP contribution in [0, 0.1) is 0 Å². The first kappa shape index (κ1) is 17.3. The lowest BCUT2D eigenvalue weighted by molar-refractivity contribution is 0.950. The Labute approximate surface area is 160 Å². The highest BCUT2D eigenvalue weighted by molar-refractivity contribution is 6.32. The van der Waals surface area contributed by atoms with Gasteiger partial charge < -0.3 is 0 Å². The molecule has 0 aliphatic carbocycles. The van der Waals surface area contributed by atoms with Crippen molar-refractivity contribution in [2.45, 2.75) is 0 Å². The highest BCUT2D eigenvalue weighted by Gasteiger charge is 2.21. The number of halogens is 5. The number of aromatic nitrogens is 6. The second kappa shape index (κ2) is 7.16. The summed E-state index contributed by atoms with van der Waals surface area (Å²) in [5.74, 6) is 0.140. The molecule has 0 atom stereocenters. The summed E-state index contributed by atoms with van der Waals surface area (Å²) in [4.78, 5) is 25.0. The van der Waals surface area contributed by atoms with E-state index in [0.29, 0.717) is 10.7 Å². The fraction of sp³-hybridized carbons (Fsp3) is 0. The third-order valence-electron chi connectivity index (χ3n) is 2.62. The number of rotatable bonds is 3. The molecular weight excluding hydrogens is 419 g/mol. The molecule has 3 rings (SSSR count). The maximum Gasteiger partial charge on any atom is 0.242 e. The van der Waals surface area contributed by atoms with Gasteiger partial charge in [-0.3, -0.25) is 0 Å². The first-order valence-corrected chi connectivity index (χ1v) is 8.01. The van der Waals surface area contributed by atoms with Crippen LogP contribution in [0.3, 0.4) is 0 Å². The standard InChI is InChI=1S/C12H4Cl5N7/c13-5-1-3-6(4-2-5)24(11-20-7(14)18-8(15)21-11)12-22-9(16)19-10(17)23-12/h1-4H. The van der Waals surface area contributed by atoms with Gasteiger partial charge in [0.25, 0.3) is 0 Å². The van der Waals surface area contributed by atoms with Crippen LogP contribution in [0.1, 0.15) is 0 Å². The van der Waals surface area contributed by atoms with Crippen molar-refractivity contribution >= 4 is 75.6 Å². The third kappa shape index (κ3) is 3.93. The molecule has 1 aromatic carbocycles. The van der Waals surface area contributed by atoms with Crippen molar-refractivity contribution < 1.29 is 0 Å². The largest absolute Gasteiger partial charge is 0.246 e. The molecule has 0 N–H and O–H groups in total. The minimum absolute atomic E-state index is 0.0701. The van der Waals surface area contributed by atoms with E-state index in [2.05, 4.69) is 29.9 Å². The molecule has 0 saturated heterocycles. The van der Waals surface area contributed by atoms with Gasteiger partial charge in [-0.15, -0.1) is 0 Å². The maximum atomic E-state index is 5.92. The second-order valence-electron chi connectivity index (χ2n) is 4.16. The van der Waals surface area contributed by atoms with Gasteiger partial charge >= 0.3 is 0 Å². The average Bonchev–Trinajstić information content (AvgIpc) is 2.47. The monoisotopic (exact) mass is 421 g/mol. The number of nitrogens with zero attached hydrogens (tertiary/aromatic N) is 7. The molecule has 0 aliphatic rings. The molecule has 24 heavy (non-hydrogen) atoms. The maximum absolute atomic E-state index is 5.92. The molecule has 0 bridgehead atoms. The van der Waals surface area contributed by atoms with Gasteiger partial charge in [-0.05, 0) is 70.7 Å². The van der Waals surface area contributed by atoms with Crippen LogP contribution in [0.2, 0.25) is 26.2 Å². The van der Waals surface area contributed by atoms with E-state index in [0.717, 1.165) is 0 Å². The molecule has 0 radical (unpaired) electrons. The lowest BCUT2D eigenvalue weighted by Gasteiger charge is -2.20. The predicted octanol–water partition coefficient (Wildman–Crippen LogP) is 4.79. The average molecular weight is 423 g/mol. The molecule has 0 saturated carbocycles. The second-order valence-corrected chi connectivity index (χ2v) is 5.95. The smallest absolute Gasteiger partial charge is 0.242 e. The highest BCUT2D eigenvalue weighted by Crippen LogP contribution is 2.32. The summed E-state index contributed by atoms with van der Waals surface area (Å²) in [6, 6.07) is 6.72. The first-order valence-electron chi connectivity index (χ1n) is 6.12. The molecular formula is C12H4Cl5N7. The molecule has 2 aromatic heterocycles. The van der Waals surface area contributed by atoms with Gasteiger partial charge in [-0.1, -0.05) is 11.6 Å². The van der Waals surface area contributed by atoms with Crippen molar-refractivity contribution in [2.75, 3.05) is 4.90 Å². The summed E-state index contributed by atoms with van der Waals surface area (Å²) in [6.07, 6.45) is 0. The summed E-state index contributed by atoms with van der Waals surface area (Å²) in [5, 5.41) is 0.132. The van der Waals surface area contributed by atoms with Crippen LogP contribution in [-0.2, 0) is 0 Å². The van der Waals surface area contributed by atoms with Crippen molar-refractivity contribution in [1.29, 1.82) is 0 Å². The van der Waals surface area contributed by atoms with Gasteiger partial charge in [0.2, 0.25) is 33.0 Å². The van der Waals surface area contributed by atoms with Crippen molar-refractivity contribution in [3.05, 3.63) is 50.4 Å². The van der Waals surface area contributed by atoms with E-state index in [9.17, 15) is 0 Å². The Morgan fingerprint density at radius 2 is 0.917 bits per heavy atom. The Kier molecular flexibility index (Phi) is 5.17. The van der Waals surface area contributed by atoms with Gasteiger partial charge in [-0.25, -0.2) is 4.90 Å². The van der Waals surface area contributed by atoms with Gasteiger partial charge in [0.05, 0.1) is 5.69 Å². The lowest BCUT2D eigenvalue weighted by Crippen LogP contribution is -2.17. The summed E-state index contributed by atoms with van der Waals surface area (Å²) in [6.45, 7) is 0. The summed E-state index contributed by atoms with van der Waals surface area (Å²) in [5.41, 5.74) is 0.566. The van der Waals surface area contributed by atoms with Crippen molar-refractivity contribution in [2.24, 2.45) is 0 Å². The van der Waals surface area contributed by atoms with Crippen molar-refractivity contribution in [3.63, 3.8) is 0 Å². The number of hydrogen-bond acceptors (Lipinski definition) is 7. The van der Waals surface area contributed by atoms with E-state index in [4.69, 9.17) is 58.0 Å². The van der Waals surface area contributed by atoms with E-state index in [-0.39, 0.29) is 33.0 Å². The number of hydrogen-bond donors (Lipinski definition) is 0. The van der Waals surface area contributed by atoms with Crippen LogP contribution in [0.5, 0.6) is 0 Å². The third-order valence-corrected chi connectivity index (χ3v) is 3.55. The Bertz CT molecular complexity index is 797. The highest BCUT2D eigenvalue weighted by atomic mass is 35.5. The Morgan fingerprint density at radius 3 is 1.29 bits per heavy atom.